The summed E-state index contributed by atoms with van der Waals surface area (Å²) in [6, 6.07) is 6.21. The van der Waals surface area contributed by atoms with Crippen molar-refractivity contribution in [1.29, 1.82) is 0 Å². The number of hydrogen-bond acceptors (Lipinski definition) is 3. The lowest BCUT2D eigenvalue weighted by Crippen LogP contribution is -2.40. The summed E-state index contributed by atoms with van der Waals surface area (Å²) in [6.07, 6.45) is 1.93. The number of aromatic nitrogens is 3. The number of nitrogens with zero attached hydrogens (tertiary/aromatic N) is 3. The van der Waals surface area contributed by atoms with E-state index in [2.05, 4.69) is 9.97 Å². The van der Waals surface area contributed by atoms with Crippen molar-refractivity contribution in [2.24, 2.45) is 7.05 Å². The Bertz CT molecular complexity index is 1020. The van der Waals surface area contributed by atoms with E-state index in [0.29, 0.717) is 40.8 Å². The number of aromatic amines is 1. The minimum absolute atomic E-state index is 0.0696. The third kappa shape index (κ3) is 2.20. The zero-order valence-corrected chi connectivity index (χ0v) is 13.0. The van der Waals surface area contributed by atoms with Gasteiger partial charge in [0.2, 0.25) is 0 Å². The van der Waals surface area contributed by atoms with Gasteiger partial charge < -0.3 is 14.5 Å². The molecule has 0 bridgehead atoms. The van der Waals surface area contributed by atoms with Crippen LogP contribution in [0.5, 0.6) is 0 Å². The molecule has 2 aromatic heterocycles. The van der Waals surface area contributed by atoms with Gasteiger partial charge in [-0.25, -0.2) is 9.37 Å². The molecule has 0 saturated carbocycles. The van der Waals surface area contributed by atoms with Crippen LogP contribution in [0, 0.1) is 5.82 Å². The highest BCUT2D eigenvalue weighted by Crippen LogP contribution is 2.21. The van der Waals surface area contributed by atoms with E-state index in [0.717, 1.165) is 0 Å². The first-order chi connectivity index (χ1) is 11.5. The van der Waals surface area contributed by atoms with Crippen molar-refractivity contribution in [1.82, 2.24) is 19.4 Å². The van der Waals surface area contributed by atoms with E-state index in [1.54, 1.807) is 24.1 Å². The van der Waals surface area contributed by atoms with Crippen LogP contribution in [0.1, 0.15) is 21.7 Å². The molecule has 7 heteroatoms. The maximum absolute atomic E-state index is 13.8. The van der Waals surface area contributed by atoms with Crippen LogP contribution in [0.3, 0.4) is 0 Å². The van der Waals surface area contributed by atoms with E-state index in [9.17, 15) is 14.0 Å². The van der Waals surface area contributed by atoms with Gasteiger partial charge >= 0.3 is 0 Å². The highest BCUT2D eigenvalue weighted by Gasteiger charge is 2.26. The van der Waals surface area contributed by atoms with Gasteiger partial charge in [0, 0.05) is 30.1 Å². The average molecular weight is 326 g/mol. The van der Waals surface area contributed by atoms with Gasteiger partial charge in [0.25, 0.3) is 11.5 Å². The molecule has 6 nitrogen and oxygen atoms in total. The van der Waals surface area contributed by atoms with E-state index in [4.69, 9.17) is 0 Å². The molecular weight excluding hydrogens is 311 g/mol. The van der Waals surface area contributed by atoms with Crippen molar-refractivity contribution in [3.8, 4) is 0 Å². The van der Waals surface area contributed by atoms with Crippen molar-refractivity contribution in [3.63, 3.8) is 0 Å². The maximum Gasteiger partial charge on any atom is 0.270 e. The first kappa shape index (κ1) is 14.6. The van der Waals surface area contributed by atoms with Crippen LogP contribution in [-0.4, -0.2) is 31.9 Å². The quantitative estimate of drug-likeness (QED) is 0.738. The molecule has 0 unspecified atom stereocenters. The molecule has 3 aromatic rings. The predicted octanol–water partition coefficient (Wildman–Crippen LogP) is 1.60. The molecule has 1 aromatic carbocycles. The number of fused-ring (bicyclic) bond motifs is 2. The second kappa shape index (κ2) is 5.30. The van der Waals surface area contributed by atoms with Crippen molar-refractivity contribution in [3.05, 3.63) is 63.7 Å². The van der Waals surface area contributed by atoms with Crippen LogP contribution in [0.25, 0.3) is 10.9 Å². The monoisotopic (exact) mass is 326 g/mol. The Kier molecular flexibility index (Phi) is 3.23. The topological polar surface area (TPSA) is 71.0 Å². The number of carbonyl (C=O) groups excluding carboxylic acids is 1. The van der Waals surface area contributed by atoms with Crippen LogP contribution in [0.15, 0.2) is 35.4 Å². The lowest BCUT2D eigenvalue weighted by atomic mass is 10.1. The van der Waals surface area contributed by atoms with E-state index < -0.39 is 0 Å². The van der Waals surface area contributed by atoms with Crippen LogP contribution >= 0.6 is 0 Å². The first-order valence-electron chi connectivity index (χ1n) is 7.64. The van der Waals surface area contributed by atoms with E-state index in [1.807, 2.05) is 0 Å². The highest BCUT2D eigenvalue weighted by atomic mass is 19.1. The molecule has 0 aliphatic carbocycles. The zero-order chi connectivity index (χ0) is 16.8. The normalized spacial score (nSPS) is 14.0. The number of aryl methyl sites for hydroxylation is 1. The number of amides is 1. The van der Waals surface area contributed by atoms with Crippen LogP contribution in [0.4, 0.5) is 4.39 Å². The molecule has 0 saturated heterocycles. The summed E-state index contributed by atoms with van der Waals surface area (Å²) in [6.45, 7) is 0.715. The minimum atomic E-state index is -0.364. The Morgan fingerprint density at radius 3 is 3.00 bits per heavy atom. The van der Waals surface area contributed by atoms with Crippen LogP contribution in [-0.2, 0) is 20.0 Å². The van der Waals surface area contributed by atoms with Gasteiger partial charge in [-0.05, 0) is 24.6 Å². The molecule has 0 spiro atoms. The minimum Gasteiger partial charge on any atom is -0.350 e. The molecule has 0 fully saturated rings. The molecule has 1 aliphatic heterocycles. The molecule has 24 heavy (non-hydrogen) atoms. The summed E-state index contributed by atoms with van der Waals surface area (Å²) < 4.78 is 15.2. The molecule has 1 amide bonds. The predicted molar refractivity (Wildman–Crippen MR) is 86.2 cm³/mol. The van der Waals surface area contributed by atoms with Crippen LogP contribution < -0.4 is 5.56 Å². The first-order valence-corrected chi connectivity index (χ1v) is 7.64. The average Bonchev–Trinajstić information content (AvgIpc) is 3.03. The number of rotatable bonds is 1. The molecule has 0 atom stereocenters. The van der Waals surface area contributed by atoms with E-state index >= 15 is 0 Å². The molecule has 1 aliphatic rings. The fourth-order valence-corrected chi connectivity index (χ4v) is 3.09. The Hall–Kier alpha value is -2.96. The Morgan fingerprint density at radius 2 is 2.21 bits per heavy atom. The summed E-state index contributed by atoms with van der Waals surface area (Å²) in [5.74, 6) is -0.587. The van der Waals surface area contributed by atoms with Gasteiger partial charge in [-0.2, -0.15) is 0 Å². The highest BCUT2D eigenvalue weighted by molar-refractivity contribution is 5.98. The Balaban J connectivity index is 1.66. The fourth-order valence-electron chi connectivity index (χ4n) is 3.09. The largest absolute Gasteiger partial charge is 0.350 e. The summed E-state index contributed by atoms with van der Waals surface area (Å²) in [5, 5.41) is 0.394. The van der Waals surface area contributed by atoms with Gasteiger partial charge in [0.15, 0.2) is 0 Å². The van der Waals surface area contributed by atoms with E-state index in [-0.39, 0.29) is 23.8 Å². The number of hydrogen-bond donors (Lipinski definition) is 1. The van der Waals surface area contributed by atoms with Gasteiger partial charge in [0.1, 0.15) is 11.5 Å². The van der Waals surface area contributed by atoms with Crippen molar-refractivity contribution < 1.29 is 9.18 Å². The zero-order valence-electron chi connectivity index (χ0n) is 13.0. The SMILES string of the molecule is Cn1cnc2c(c1=O)CCN(C(=O)c1cc3c(F)cccc3[nH]1)C2. The van der Waals surface area contributed by atoms with Gasteiger partial charge in [-0.15, -0.1) is 0 Å². The summed E-state index contributed by atoms with van der Waals surface area (Å²) in [7, 11) is 1.66. The second-order valence-electron chi connectivity index (χ2n) is 5.95. The molecular formula is C17H15FN4O2. The van der Waals surface area contributed by atoms with E-state index in [1.165, 1.54) is 23.0 Å². The summed E-state index contributed by atoms with van der Waals surface area (Å²) in [5.41, 5.74) is 2.14. The van der Waals surface area contributed by atoms with Gasteiger partial charge in [-0.1, -0.05) is 6.07 Å². The maximum atomic E-state index is 13.8. The smallest absolute Gasteiger partial charge is 0.270 e. The second-order valence-corrected chi connectivity index (χ2v) is 5.95. The van der Waals surface area contributed by atoms with Crippen LogP contribution in [0.2, 0.25) is 0 Å². The molecule has 122 valence electrons. The summed E-state index contributed by atoms with van der Waals surface area (Å²) in [4.78, 5) is 33.6. The number of H-pyrrole nitrogens is 1. The Labute approximate surface area is 136 Å². The third-order valence-electron chi connectivity index (χ3n) is 4.41. The number of benzene rings is 1. The van der Waals surface area contributed by atoms with Crippen molar-refractivity contribution in [2.75, 3.05) is 6.54 Å². The van der Waals surface area contributed by atoms with Gasteiger partial charge in [-0.3, -0.25) is 9.59 Å². The van der Waals surface area contributed by atoms with Gasteiger partial charge in [0.05, 0.1) is 18.6 Å². The Morgan fingerprint density at radius 1 is 1.38 bits per heavy atom. The lowest BCUT2D eigenvalue weighted by Gasteiger charge is -2.27. The molecule has 0 radical (unpaired) electrons. The lowest BCUT2D eigenvalue weighted by molar-refractivity contribution is 0.0726. The van der Waals surface area contributed by atoms with Crippen molar-refractivity contribution in [2.45, 2.75) is 13.0 Å². The number of nitrogens with one attached hydrogen (secondary N) is 1. The molecule has 1 N–H and O–H groups in total. The molecule has 4 rings (SSSR count). The molecule has 3 heterocycles. The fraction of sp³-hybridized carbons (Fsp3) is 0.235. The standard InChI is InChI=1S/C17H15FN4O2/c1-21-9-19-15-8-22(6-5-10(15)16(21)23)17(24)14-7-11-12(18)3-2-4-13(11)20-14/h2-4,7,9,20H,5-6,8H2,1H3. The summed E-state index contributed by atoms with van der Waals surface area (Å²) >= 11 is 0. The number of halogens is 1. The van der Waals surface area contributed by atoms with Crippen molar-refractivity contribution >= 4 is 16.8 Å². The number of carbonyl (C=O) groups is 1. The third-order valence-corrected chi connectivity index (χ3v) is 4.41.